The van der Waals surface area contributed by atoms with Gasteiger partial charge < -0.3 is 0 Å². The first-order valence-corrected chi connectivity index (χ1v) is 8.03. The van der Waals surface area contributed by atoms with E-state index in [0.29, 0.717) is 20.8 Å². The molecule has 0 fully saturated rings. The first-order valence-electron chi connectivity index (χ1n) is 6.45. The van der Waals surface area contributed by atoms with Crippen LogP contribution in [0.5, 0.6) is 0 Å². The van der Waals surface area contributed by atoms with E-state index in [4.69, 9.17) is 23.2 Å². The highest BCUT2D eigenvalue weighted by atomic mass is 35.5. The second kappa shape index (κ2) is 5.35. The maximum absolute atomic E-state index is 6.23. The molecule has 0 saturated carbocycles. The highest BCUT2D eigenvalue weighted by molar-refractivity contribution is 7.19. The maximum atomic E-state index is 6.23. The average Bonchev–Trinajstić information content (AvgIpc) is 3.07. The van der Waals surface area contributed by atoms with Crippen molar-refractivity contribution in [3.63, 3.8) is 0 Å². The Balaban J connectivity index is 1.88. The van der Waals surface area contributed by atoms with E-state index in [1.807, 2.05) is 48.5 Å². The summed E-state index contributed by atoms with van der Waals surface area (Å²) in [5, 5.41) is 15.1. The summed E-state index contributed by atoms with van der Waals surface area (Å²) < 4.78 is 1.72. The fraction of sp³-hybridized carbons (Fsp3) is 0. The molecule has 0 bridgehead atoms. The lowest BCUT2D eigenvalue weighted by Crippen LogP contribution is -1.91. The van der Waals surface area contributed by atoms with Crippen molar-refractivity contribution in [2.75, 3.05) is 0 Å². The van der Waals surface area contributed by atoms with Crippen LogP contribution >= 0.6 is 34.5 Å². The second-order valence-corrected chi connectivity index (χ2v) is 6.41. The lowest BCUT2D eigenvalue weighted by Gasteiger charge is -1.99. The fourth-order valence-corrected chi connectivity index (χ4v) is 3.52. The van der Waals surface area contributed by atoms with Gasteiger partial charge >= 0.3 is 0 Å². The maximum Gasteiger partial charge on any atom is 0.235 e. The smallest absolute Gasteiger partial charge is 0.182 e. The molecular formula is C15H8Cl2N4S. The predicted octanol–water partition coefficient (Wildman–Crippen LogP) is 4.83. The summed E-state index contributed by atoms with van der Waals surface area (Å²) in [7, 11) is 0. The number of aromatic nitrogens is 4. The van der Waals surface area contributed by atoms with E-state index in [9.17, 15) is 0 Å². The molecular weight excluding hydrogens is 339 g/mol. The fourth-order valence-electron chi connectivity index (χ4n) is 2.17. The first-order chi connectivity index (χ1) is 10.7. The molecule has 0 aliphatic rings. The van der Waals surface area contributed by atoms with Gasteiger partial charge in [-0.25, -0.2) is 0 Å². The Kier molecular flexibility index (Phi) is 3.33. The molecule has 0 saturated heterocycles. The van der Waals surface area contributed by atoms with Crippen LogP contribution in [-0.4, -0.2) is 19.8 Å². The van der Waals surface area contributed by atoms with Crippen LogP contribution in [0, 0.1) is 0 Å². The van der Waals surface area contributed by atoms with Crippen molar-refractivity contribution in [2.24, 2.45) is 0 Å². The van der Waals surface area contributed by atoms with Gasteiger partial charge in [-0.2, -0.15) is 9.61 Å². The largest absolute Gasteiger partial charge is 0.235 e. The summed E-state index contributed by atoms with van der Waals surface area (Å²) in [6.07, 6.45) is 0. The van der Waals surface area contributed by atoms with Crippen molar-refractivity contribution >= 4 is 39.5 Å². The molecule has 0 aliphatic heterocycles. The summed E-state index contributed by atoms with van der Waals surface area (Å²) in [5.41, 5.74) is 1.76. The summed E-state index contributed by atoms with van der Waals surface area (Å²) in [6, 6.07) is 15.1. The van der Waals surface area contributed by atoms with Crippen LogP contribution in [0.15, 0.2) is 48.5 Å². The van der Waals surface area contributed by atoms with Crippen molar-refractivity contribution in [2.45, 2.75) is 0 Å². The van der Waals surface area contributed by atoms with Crippen molar-refractivity contribution in [3.8, 4) is 22.0 Å². The van der Waals surface area contributed by atoms with Crippen molar-refractivity contribution < 1.29 is 0 Å². The van der Waals surface area contributed by atoms with Crippen molar-refractivity contribution in [3.05, 3.63) is 58.6 Å². The molecule has 4 aromatic rings. The van der Waals surface area contributed by atoms with E-state index < -0.39 is 0 Å². The van der Waals surface area contributed by atoms with Gasteiger partial charge in [-0.15, -0.1) is 10.2 Å². The van der Waals surface area contributed by atoms with E-state index in [1.165, 1.54) is 11.3 Å². The molecule has 2 aromatic carbocycles. The standard InChI is InChI=1S/C15H8Cl2N4S/c16-10-5-3-4-9(8-10)13-18-19-15-21(13)20-14(22-15)11-6-1-2-7-12(11)17/h1-8H. The lowest BCUT2D eigenvalue weighted by atomic mass is 10.2. The van der Waals surface area contributed by atoms with E-state index in [0.717, 1.165) is 16.1 Å². The van der Waals surface area contributed by atoms with E-state index in [1.54, 1.807) is 4.52 Å². The van der Waals surface area contributed by atoms with Crippen LogP contribution in [0.1, 0.15) is 0 Å². The third-order valence-electron chi connectivity index (χ3n) is 3.18. The summed E-state index contributed by atoms with van der Waals surface area (Å²) in [4.78, 5) is 0.713. The monoisotopic (exact) mass is 346 g/mol. The van der Waals surface area contributed by atoms with Crippen LogP contribution in [-0.2, 0) is 0 Å². The molecule has 4 nitrogen and oxygen atoms in total. The minimum absolute atomic E-state index is 0.649. The molecule has 4 rings (SSSR count). The first kappa shape index (κ1) is 13.7. The van der Waals surface area contributed by atoms with Gasteiger partial charge in [0.05, 0.1) is 5.02 Å². The molecule has 0 aliphatic carbocycles. The van der Waals surface area contributed by atoms with Gasteiger partial charge in [-0.05, 0) is 18.2 Å². The van der Waals surface area contributed by atoms with Gasteiger partial charge in [0.2, 0.25) is 4.96 Å². The summed E-state index contributed by atoms with van der Waals surface area (Å²) in [6.45, 7) is 0. The Morgan fingerprint density at radius 1 is 0.955 bits per heavy atom. The third kappa shape index (κ3) is 2.27. The number of halogens is 2. The van der Waals surface area contributed by atoms with Gasteiger partial charge in [-0.1, -0.05) is 64.9 Å². The lowest BCUT2D eigenvalue weighted by molar-refractivity contribution is 0.971. The SMILES string of the molecule is Clc1cccc(-c2nnc3sc(-c4ccccc4Cl)nn23)c1. The Labute approximate surface area is 140 Å². The molecule has 2 aromatic heterocycles. The van der Waals surface area contributed by atoms with Gasteiger partial charge in [0.25, 0.3) is 0 Å². The minimum atomic E-state index is 0.649. The zero-order valence-electron chi connectivity index (χ0n) is 11.1. The van der Waals surface area contributed by atoms with Crippen LogP contribution in [0.25, 0.3) is 26.9 Å². The van der Waals surface area contributed by atoms with Crippen LogP contribution < -0.4 is 0 Å². The molecule has 0 amide bonds. The normalized spacial score (nSPS) is 11.2. The zero-order valence-corrected chi connectivity index (χ0v) is 13.4. The summed E-state index contributed by atoms with van der Waals surface area (Å²) in [5.74, 6) is 0.659. The Morgan fingerprint density at radius 3 is 2.64 bits per heavy atom. The molecule has 2 heterocycles. The van der Waals surface area contributed by atoms with Gasteiger partial charge in [0.1, 0.15) is 5.01 Å². The number of hydrogen-bond donors (Lipinski definition) is 0. The van der Waals surface area contributed by atoms with E-state index in [2.05, 4.69) is 15.3 Å². The van der Waals surface area contributed by atoms with Crippen molar-refractivity contribution in [1.82, 2.24) is 19.8 Å². The number of fused-ring (bicyclic) bond motifs is 1. The second-order valence-electron chi connectivity index (χ2n) is 4.62. The number of hydrogen-bond acceptors (Lipinski definition) is 4. The van der Waals surface area contributed by atoms with E-state index >= 15 is 0 Å². The van der Waals surface area contributed by atoms with Gasteiger partial charge in [-0.3, -0.25) is 0 Å². The highest BCUT2D eigenvalue weighted by Crippen LogP contribution is 2.32. The summed E-state index contributed by atoms with van der Waals surface area (Å²) >= 11 is 13.7. The molecule has 7 heteroatoms. The minimum Gasteiger partial charge on any atom is -0.182 e. The third-order valence-corrected chi connectivity index (χ3v) is 4.67. The highest BCUT2D eigenvalue weighted by Gasteiger charge is 2.15. The quantitative estimate of drug-likeness (QED) is 0.522. The Bertz CT molecular complexity index is 977. The molecule has 0 atom stereocenters. The Morgan fingerprint density at radius 2 is 1.82 bits per heavy atom. The average molecular weight is 347 g/mol. The molecule has 22 heavy (non-hydrogen) atoms. The predicted molar refractivity (Wildman–Crippen MR) is 89.6 cm³/mol. The van der Waals surface area contributed by atoms with Crippen LogP contribution in [0.2, 0.25) is 10.0 Å². The Hall–Kier alpha value is -1.95. The van der Waals surface area contributed by atoms with Gasteiger partial charge in [0.15, 0.2) is 5.82 Å². The molecule has 0 unspecified atom stereocenters. The van der Waals surface area contributed by atoms with Crippen molar-refractivity contribution in [1.29, 1.82) is 0 Å². The molecule has 0 radical (unpaired) electrons. The van der Waals surface area contributed by atoms with Crippen LogP contribution in [0.4, 0.5) is 0 Å². The molecule has 0 spiro atoms. The van der Waals surface area contributed by atoms with E-state index in [-0.39, 0.29) is 0 Å². The van der Waals surface area contributed by atoms with Gasteiger partial charge in [0, 0.05) is 16.1 Å². The molecule has 108 valence electrons. The number of nitrogens with zero attached hydrogens (tertiary/aromatic N) is 4. The zero-order chi connectivity index (χ0) is 15.1. The number of rotatable bonds is 2. The van der Waals surface area contributed by atoms with Crippen LogP contribution in [0.3, 0.4) is 0 Å². The molecule has 0 N–H and O–H groups in total. The number of benzene rings is 2. The topological polar surface area (TPSA) is 43.1 Å².